The number of nitrogens with one attached hydrogen (secondary N) is 2. The van der Waals surface area contributed by atoms with Crippen LogP contribution in [0.25, 0.3) is 0 Å². The van der Waals surface area contributed by atoms with E-state index in [0.29, 0.717) is 13.0 Å². The smallest absolute Gasteiger partial charge is 0.416 e. The molecule has 0 unspecified atom stereocenters. The number of fused-ring (bicyclic) bond motifs is 1. The third kappa shape index (κ3) is 4.88. The van der Waals surface area contributed by atoms with Crippen LogP contribution < -0.4 is 15.4 Å². The number of hydrogen-bond donors (Lipinski definition) is 2. The maximum absolute atomic E-state index is 13.2. The van der Waals surface area contributed by atoms with Crippen molar-refractivity contribution in [3.05, 3.63) is 95.6 Å². The average Bonchev–Trinajstić information content (AvgIpc) is 2.77. The van der Waals surface area contributed by atoms with E-state index in [0.717, 1.165) is 29.0 Å². The van der Waals surface area contributed by atoms with Gasteiger partial charge in [0.2, 0.25) is 5.91 Å². The van der Waals surface area contributed by atoms with E-state index in [-0.39, 0.29) is 11.7 Å². The second kappa shape index (κ2) is 8.81. The second-order valence-electron chi connectivity index (χ2n) is 7.31. The van der Waals surface area contributed by atoms with E-state index in [9.17, 15) is 18.0 Å². The zero-order valence-corrected chi connectivity index (χ0v) is 16.5. The van der Waals surface area contributed by atoms with Crippen molar-refractivity contribution in [2.45, 2.75) is 24.7 Å². The van der Waals surface area contributed by atoms with Crippen LogP contribution in [0.15, 0.2) is 78.9 Å². The van der Waals surface area contributed by atoms with Gasteiger partial charge in [0.15, 0.2) is 0 Å². The van der Waals surface area contributed by atoms with E-state index in [2.05, 4.69) is 10.6 Å². The Balaban J connectivity index is 1.60. The molecule has 1 aliphatic rings. The molecule has 0 aromatic heterocycles. The Morgan fingerprint density at radius 3 is 2.48 bits per heavy atom. The predicted octanol–water partition coefficient (Wildman–Crippen LogP) is 5.50. The number of hydrogen-bond acceptors (Lipinski definition) is 3. The fourth-order valence-corrected chi connectivity index (χ4v) is 3.67. The molecule has 0 bridgehead atoms. The van der Waals surface area contributed by atoms with Gasteiger partial charge in [0.05, 0.1) is 12.2 Å². The number of carbonyl (C=O) groups is 1. The van der Waals surface area contributed by atoms with E-state index >= 15 is 0 Å². The molecule has 0 fully saturated rings. The summed E-state index contributed by atoms with van der Waals surface area (Å²) in [6.07, 6.45) is -3.82. The monoisotopic (exact) mass is 426 g/mol. The van der Waals surface area contributed by atoms with Gasteiger partial charge in [-0.15, -0.1) is 0 Å². The van der Waals surface area contributed by atoms with Gasteiger partial charge in [-0.25, -0.2) is 0 Å². The lowest BCUT2D eigenvalue weighted by atomic mass is 9.97. The lowest BCUT2D eigenvalue weighted by molar-refractivity contribution is -0.137. The Hall–Kier alpha value is -3.32. The highest BCUT2D eigenvalue weighted by atomic mass is 19.4. The topological polar surface area (TPSA) is 50.4 Å². The predicted molar refractivity (Wildman–Crippen MR) is 112 cm³/mol. The SMILES string of the molecule is O=C(Nc1cccc(C(F)(F)F)c1)[C@H](N[C@H]1CCOc2ccccc21)c1ccccc1. The molecule has 2 N–H and O–H groups in total. The molecule has 160 valence electrons. The van der Waals surface area contributed by atoms with Crippen molar-refractivity contribution in [3.63, 3.8) is 0 Å². The van der Waals surface area contributed by atoms with Crippen LogP contribution in [0.3, 0.4) is 0 Å². The number of amides is 1. The molecule has 31 heavy (non-hydrogen) atoms. The summed E-state index contributed by atoms with van der Waals surface area (Å²) < 4.78 is 44.8. The lowest BCUT2D eigenvalue weighted by Crippen LogP contribution is -2.37. The first kappa shape index (κ1) is 20.9. The lowest BCUT2D eigenvalue weighted by Gasteiger charge is -2.30. The van der Waals surface area contributed by atoms with E-state index < -0.39 is 23.7 Å². The van der Waals surface area contributed by atoms with E-state index in [1.165, 1.54) is 12.1 Å². The summed E-state index contributed by atoms with van der Waals surface area (Å²) >= 11 is 0. The van der Waals surface area contributed by atoms with E-state index in [1.807, 2.05) is 54.6 Å². The molecule has 1 amide bonds. The minimum Gasteiger partial charge on any atom is -0.493 e. The van der Waals surface area contributed by atoms with Crippen LogP contribution in [0.2, 0.25) is 0 Å². The van der Waals surface area contributed by atoms with Crippen molar-refractivity contribution in [3.8, 4) is 5.75 Å². The van der Waals surface area contributed by atoms with Gasteiger partial charge >= 0.3 is 6.18 Å². The van der Waals surface area contributed by atoms with Crippen LogP contribution in [-0.4, -0.2) is 12.5 Å². The van der Waals surface area contributed by atoms with E-state index in [1.54, 1.807) is 0 Å². The molecule has 1 aliphatic heterocycles. The largest absolute Gasteiger partial charge is 0.493 e. The average molecular weight is 426 g/mol. The summed E-state index contributed by atoms with van der Waals surface area (Å²) in [7, 11) is 0. The van der Waals surface area contributed by atoms with Gasteiger partial charge in [-0.05, 0) is 29.8 Å². The zero-order chi connectivity index (χ0) is 21.8. The van der Waals surface area contributed by atoms with Crippen molar-refractivity contribution in [1.82, 2.24) is 5.32 Å². The molecule has 0 aliphatic carbocycles. The number of ether oxygens (including phenoxy) is 1. The van der Waals surface area contributed by atoms with Gasteiger partial charge in [-0.2, -0.15) is 13.2 Å². The van der Waals surface area contributed by atoms with Crippen LogP contribution in [0.5, 0.6) is 5.75 Å². The molecule has 0 spiro atoms. The quantitative estimate of drug-likeness (QED) is 0.567. The van der Waals surface area contributed by atoms with Crippen LogP contribution in [0.4, 0.5) is 18.9 Å². The molecule has 3 aromatic rings. The first-order chi connectivity index (χ1) is 14.9. The maximum Gasteiger partial charge on any atom is 0.416 e. The van der Waals surface area contributed by atoms with Crippen LogP contribution in [-0.2, 0) is 11.0 Å². The Morgan fingerprint density at radius 1 is 0.968 bits per heavy atom. The molecule has 1 heterocycles. The molecular weight excluding hydrogens is 405 g/mol. The van der Waals surface area contributed by atoms with Gasteiger partial charge in [-0.1, -0.05) is 54.6 Å². The van der Waals surface area contributed by atoms with Gasteiger partial charge in [0, 0.05) is 23.7 Å². The van der Waals surface area contributed by atoms with Crippen molar-refractivity contribution in [1.29, 1.82) is 0 Å². The van der Waals surface area contributed by atoms with Gasteiger partial charge in [0.1, 0.15) is 11.8 Å². The van der Waals surface area contributed by atoms with Crippen molar-refractivity contribution < 1.29 is 22.7 Å². The summed E-state index contributed by atoms with van der Waals surface area (Å²) in [5.41, 5.74) is 0.945. The number of carbonyl (C=O) groups excluding carboxylic acids is 1. The Labute approximate surface area is 178 Å². The highest BCUT2D eigenvalue weighted by molar-refractivity contribution is 5.95. The summed E-state index contributed by atoms with van der Waals surface area (Å²) in [5.74, 6) is 0.325. The second-order valence-corrected chi connectivity index (χ2v) is 7.31. The minimum atomic E-state index is -4.48. The Bertz CT molecular complexity index is 1050. The van der Waals surface area contributed by atoms with Gasteiger partial charge in [-0.3, -0.25) is 10.1 Å². The fourth-order valence-electron chi connectivity index (χ4n) is 3.67. The summed E-state index contributed by atoms with van der Waals surface area (Å²) in [4.78, 5) is 13.2. The van der Waals surface area contributed by atoms with Crippen LogP contribution in [0.1, 0.15) is 35.2 Å². The van der Waals surface area contributed by atoms with Gasteiger partial charge < -0.3 is 10.1 Å². The van der Waals surface area contributed by atoms with Crippen molar-refractivity contribution in [2.75, 3.05) is 11.9 Å². The normalized spacial score (nSPS) is 16.7. The number of anilines is 1. The molecular formula is C24H21F3N2O2. The number of para-hydroxylation sites is 1. The molecule has 2 atom stereocenters. The molecule has 0 radical (unpaired) electrons. The zero-order valence-electron chi connectivity index (χ0n) is 16.5. The fraction of sp³-hybridized carbons (Fsp3) is 0.208. The molecule has 7 heteroatoms. The summed E-state index contributed by atoms with van der Waals surface area (Å²) in [6.45, 7) is 0.505. The molecule has 0 saturated carbocycles. The van der Waals surface area contributed by atoms with Crippen LogP contribution in [0, 0.1) is 0 Å². The first-order valence-corrected chi connectivity index (χ1v) is 9.92. The highest BCUT2D eigenvalue weighted by Crippen LogP contribution is 2.34. The summed E-state index contributed by atoms with van der Waals surface area (Å²) in [6, 6.07) is 20.5. The van der Waals surface area contributed by atoms with Crippen LogP contribution >= 0.6 is 0 Å². The number of halogens is 3. The highest BCUT2D eigenvalue weighted by Gasteiger charge is 2.31. The maximum atomic E-state index is 13.2. The Kier molecular flexibility index (Phi) is 5.95. The third-order valence-electron chi connectivity index (χ3n) is 5.18. The summed E-state index contributed by atoms with van der Waals surface area (Å²) in [5, 5.41) is 6.01. The third-order valence-corrected chi connectivity index (χ3v) is 5.18. The number of rotatable bonds is 5. The molecule has 0 saturated heterocycles. The Morgan fingerprint density at radius 2 is 1.71 bits per heavy atom. The van der Waals surface area contributed by atoms with Crippen molar-refractivity contribution >= 4 is 11.6 Å². The minimum absolute atomic E-state index is 0.0925. The molecule has 3 aromatic carbocycles. The number of alkyl halides is 3. The molecule has 4 rings (SSSR count). The first-order valence-electron chi connectivity index (χ1n) is 9.92. The van der Waals surface area contributed by atoms with Gasteiger partial charge in [0.25, 0.3) is 0 Å². The van der Waals surface area contributed by atoms with E-state index in [4.69, 9.17) is 4.74 Å². The molecule has 4 nitrogen and oxygen atoms in total. The van der Waals surface area contributed by atoms with Crippen molar-refractivity contribution in [2.24, 2.45) is 0 Å². The number of benzene rings is 3. The standard InChI is InChI=1S/C24H21F3N2O2/c25-24(26,27)17-9-6-10-18(15-17)28-23(30)22(16-7-2-1-3-8-16)29-20-13-14-31-21-12-5-4-11-19(20)21/h1-12,15,20,22,29H,13-14H2,(H,28,30)/t20-,22+/m0/s1.